The van der Waals surface area contributed by atoms with Gasteiger partial charge in [-0.3, -0.25) is 0 Å². The quantitative estimate of drug-likeness (QED) is 0.831. The van der Waals surface area contributed by atoms with E-state index in [1.54, 1.807) is 13.0 Å². The summed E-state index contributed by atoms with van der Waals surface area (Å²) in [6, 6.07) is 10.9. The van der Waals surface area contributed by atoms with Crippen LogP contribution < -0.4 is 10.5 Å². The minimum atomic E-state index is -0.537. The van der Waals surface area contributed by atoms with Gasteiger partial charge in [0.2, 0.25) is 0 Å². The van der Waals surface area contributed by atoms with Crippen LogP contribution in [0, 0.1) is 6.92 Å². The number of benzene rings is 1. The highest BCUT2D eigenvalue weighted by Gasteiger charge is 2.17. The Balaban J connectivity index is 2.26. The first-order valence-corrected chi connectivity index (χ1v) is 6.70. The molecule has 0 spiro atoms. The minimum Gasteiger partial charge on any atom is -0.488 e. The molecule has 1 atom stereocenters. The number of aryl methyl sites for hydroxylation is 1. The molecule has 106 valence electrons. The van der Waals surface area contributed by atoms with Crippen LogP contribution in [0.25, 0.3) is 0 Å². The number of hydrogen-bond acceptors (Lipinski definition) is 4. The minimum absolute atomic E-state index is 0.175. The van der Waals surface area contributed by atoms with E-state index in [0.717, 1.165) is 5.56 Å². The summed E-state index contributed by atoms with van der Waals surface area (Å²) in [7, 11) is 0. The number of nitrogens with two attached hydrogens (primary N) is 1. The van der Waals surface area contributed by atoms with Crippen LogP contribution in [0.4, 0.5) is 0 Å². The molecule has 0 saturated heterocycles. The normalized spacial score (nSPS) is 12.2. The Morgan fingerprint density at radius 3 is 2.70 bits per heavy atom. The molecule has 1 aromatic heterocycles. The van der Waals surface area contributed by atoms with Crippen molar-refractivity contribution in [3.05, 3.63) is 58.4 Å². The van der Waals surface area contributed by atoms with E-state index in [4.69, 9.17) is 22.1 Å². The largest absolute Gasteiger partial charge is 0.488 e. The highest BCUT2D eigenvalue weighted by atomic mass is 35.5. The van der Waals surface area contributed by atoms with Crippen LogP contribution in [-0.4, -0.2) is 16.7 Å². The topological polar surface area (TPSA) is 68.4 Å². The van der Waals surface area contributed by atoms with Gasteiger partial charge in [-0.2, -0.15) is 0 Å². The van der Waals surface area contributed by atoms with E-state index in [1.807, 2.05) is 30.3 Å². The zero-order chi connectivity index (χ0) is 14.5. The van der Waals surface area contributed by atoms with Crippen LogP contribution in [0.2, 0.25) is 5.15 Å². The van der Waals surface area contributed by atoms with Crippen LogP contribution in [0.1, 0.15) is 22.9 Å². The number of aliphatic hydroxyl groups is 1. The molecule has 4 nitrogen and oxygen atoms in total. The molecule has 2 aromatic rings. The molecule has 0 fully saturated rings. The lowest BCUT2D eigenvalue weighted by molar-refractivity contribution is 0.256. The van der Waals surface area contributed by atoms with Crippen LogP contribution in [-0.2, 0) is 6.61 Å². The molecule has 0 aliphatic rings. The van der Waals surface area contributed by atoms with E-state index >= 15 is 0 Å². The summed E-state index contributed by atoms with van der Waals surface area (Å²) < 4.78 is 5.79. The standard InChI is InChI=1S/C15H17ClN2O2/c1-10-15(12(17)8-19)13(7-14(16)18-10)20-9-11-5-3-2-4-6-11/h2-7,12,19H,8-9,17H2,1H3/t12-/m1/s1. The molecule has 2 rings (SSSR count). The summed E-state index contributed by atoms with van der Waals surface area (Å²) in [4.78, 5) is 4.15. The smallest absolute Gasteiger partial charge is 0.133 e. The fraction of sp³-hybridized carbons (Fsp3) is 0.267. The third-order valence-corrected chi connectivity index (χ3v) is 3.18. The molecule has 0 aliphatic heterocycles. The molecule has 0 aliphatic carbocycles. The van der Waals surface area contributed by atoms with Gasteiger partial charge in [-0.15, -0.1) is 0 Å². The maximum atomic E-state index is 9.25. The van der Waals surface area contributed by atoms with Crippen molar-refractivity contribution >= 4 is 11.6 Å². The molecule has 0 unspecified atom stereocenters. The predicted octanol–water partition coefficient (Wildman–Crippen LogP) is 2.61. The SMILES string of the molecule is Cc1nc(Cl)cc(OCc2ccccc2)c1[C@H](N)CO. The lowest BCUT2D eigenvalue weighted by Gasteiger charge is -2.17. The van der Waals surface area contributed by atoms with E-state index in [-0.39, 0.29) is 6.61 Å². The van der Waals surface area contributed by atoms with Crippen LogP contribution in [0.15, 0.2) is 36.4 Å². The maximum absolute atomic E-state index is 9.25. The van der Waals surface area contributed by atoms with Gasteiger partial charge in [-0.05, 0) is 12.5 Å². The van der Waals surface area contributed by atoms with Crippen molar-refractivity contribution in [1.82, 2.24) is 4.98 Å². The molecule has 3 N–H and O–H groups in total. The molecular weight excluding hydrogens is 276 g/mol. The highest BCUT2D eigenvalue weighted by molar-refractivity contribution is 6.29. The van der Waals surface area contributed by atoms with Gasteiger partial charge in [0.25, 0.3) is 0 Å². The van der Waals surface area contributed by atoms with Gasteiger partial charge >= 0.3 is 0 Å². The van der Waals surface area contributed by atoms with Crippen LogP contribution in [0.3, 0.4) is 0 Å². The third kappa shape index (κ3) is 3.48. The van der Waals surface area contributed by atoms with Crippen molar-refractivity contribution in [3.63, 3.8) is 0 Å². The fourth-order valence-electron chi connectivity index (χ4n) is 2.01. The first kappa shape index (κ1) is 14.8. The van der Waals surface area contributed by atoms with Crippen molar-refractivity contribution in [3.8, 4) is 5.75 Å². The van der Waals surface area contributed by atoms with Crippen molar-refractivity contribution in [2.45, 2.75) is 19.6 Å². The summed E-state index contributed by atoms with van der Waals surface area (Å²) in [5.74, 6) is 0.563. The fourth-order valence-corrected chi connectivity index (χ4v) is 2.24. The zero-order valence-electron chi connectivity index (χ0n) is 11.2. The predicted molar refractivity (Wildman–Crippen MR) is 78.8 cm³/mol. The molecule has 0 radical (unpaired) electrons. The van der Waals surface area contributed by atoms with Crippen molar-refractivity contribution in [2.75, 3.05) is 6.61 Å². The molecule has 0 amide bonds. The second-order valence-corrected chi connectivity index (χ2v) is 4.89. The van der Waals surface area contributed by atoms with Crippen molar-refractivity contribution < 1.29 is 9.84 Å². The van der Waals surface area contributed by atoms with E-state index < -0.39 is 6.04 Å². The summed E-state index contributed by atoms with van der Waals surface area (Å²) in [5.41, 5.74) is 8.30. The third-order valence-electron chi connectivity index (χ3n) is 2.98. The first-order valence-electron chi connectivity index (χ1n) is 6.32. The lowest BCUT2D eigenvalue weighted by Crippen LogP contribution is -2.18. The van der Waals surface area contributed by atoms with Crippen LogP contribution >= 0.6 is 11.6 Å². The monoisotopic (exact) mass is 292 g/mol. The zero-order valence-corrected chi connectivity index (χ0v) is 12.0. The van der Waals surface area contributed by atoms with Gasteiger partial charge in [0.15, 0.2) is 0 Å². The molecule has 0 bridgehead atoms. The number of halogens is 1. The molecule has 0 saturated carbocycles. The van der Waals surface area contributed by atoms with Crippen molar-refractivity contribution in [1.29, 1.82) is 0 Å². The number of nitrogens with zero attached hydrogens (tertiary/aromatic N) is 1. The average Bonchev–Trinajstić information content (AvgIpc) is 2.45. The summed E-state index contributed by atoms with van der Waals surface area (Å²) >= 11 is 5.96. The number of hydrogen-bond donors (Lipinski definition) is 2. The number of ether oxygens (including phenoxy) is 1. The van der Waals surface area contributed by atoms with Gasteiger partial charge in [0, 0.05) is 17.3 Å². The second-order valence-electron chi connectivity index (χ2n) is 4.51. The van der Waals surface area contributed by atoms with E-state index in [0.29, 0.717) is 28.8 Å². The molecule has 5 heteroatoms. The Hall–Kier alpha value is -1.62. The Labute approximate surface area is 123 Å². The van der Waals surface area contributed by atoms with Gasteiger partial charge in [0.1, 0.15) is 17.5 Å². The van der Waals surface area contributed by atoms with E-state index in [1.165, 1.54) is 0 Å². The molecule has 20 heavy (non-hydrogen) atoms. The van der Waals surface area contributed by atoms with E-state index in [9.17, 15) is 5.11 Å². The lowest BCUT2D eigenvalue weighted by atomic mass is 10.1. The Morgan fingerprint density at radius 1 is 1.35 bits per heavy atom. The summed E-state index contributed by atoms with van der Waals surface area (Å²) in [6.45, 7) is 2.03. The molecular formula is C15H17ClN2O2. The van der Waals surface area contributed by atoms with E-state index in [2.05, 4.69) is 4.98 Å². The van der Waals surface area contributed by atoms with Gasteiger partial charge in [-0.25, -0.2) is 4.98 Å². The maximum Gasteiger partial charge on any atom is 0.133 e. The van der Waals surface area contributed by atoms with Gasteiger partial charge < -0.3 is 15.6 Å². The second kappa shape index (κ2) is 6.70. The van der Waals surface area contributed by atoms with Gasteiger partial charge in [0.05, 0.1) is 12.6 Å². The average molecular weight is 293 g/mol. The number of aliphatic hydroxyl groups excluding tert-OH is 1. The Morgan fingerprint density at radius 2 is 2.05 bits per heavy atom. The molecule has 1 heterocycles. The number of rotatable bonds is 5. The van der Waals surface area contributed by atoms with Crippen LogP contribution in [0.5, 0.6) is 5.75 Å². The Bertz CT molecular complexity index is 576. The Kier molecular flexibility index (Phi) is 4.95. The molecule has 1 aromatic carbocycles. The summed E-state index contributed by atoms with van der Waals surface area (Å²) in [5, 5.41) is 9.60. The highest BCUT2D eigenvalue weighted by Crippen LogP contribution is 2.29. The summed E-state index contributed by atoms with van der Waals surface area (Å²) in [6.07, 6.45) is 0. The number of pyridine rings is 1. The first-order chi connectivity index (χ1) is 9.61. The van der Waals surface area contributed by atoms with Crippen molar-refractivity contribution in [2.24, 2.45) is 5.73 Å². The van der Waals surface area contributed by atoms with Gasteiger partial charge in [-0.1, -0.05) is 41.9 Å². The number of aromatic nitrogens is 1.